The van der Waals surface area contributed by atoms with E-state index in [0.717, 1.165) is 0 Å². The Bertz CT molecular complexity index is 257. The molecule has 12 heavy (non-hydrogen) atoms. The number of alkyl halides is 1. The first-order valence-corrected chi connectivity index (χ1v) is 3.82. The summed E-state index contributed by atoms with van der Waals surface area (Å²) in [5.41, 5.74) is 0.253. The van der Waals surface area contributed by atoms with E-state index in [1.807, 2.05) is 0 Å². The highest BCUT2D eigenvalue weighted by atomic mass is 35.5. The van der Waals surface area contributed by atoms with Crippen LogP contribution in [0.3, 0.4) is 0 Å². The van der Waals surface area contributed by atoms with Crippen molar-refractivity contribution >= 4 is 17.6 Å². The molecule has 0 bridgehead atoms. The van der Waals surface area contributed by atoms with Crippen molar-refractivity contribution in [3.05, 3.63) is 23.8 Å². The summed E-state index contributed by atoms with van der Waals surface area (Å²) < 4.78 is 4.95. The predicted molar refractivity (Wildman–Crippen MR) is 45.1 cm³/mol. The Hall–Kier alpha value is -0.800. The minimum atomic E-state index is -0.943. The molecule has 0 saturated carbocycles. The van der Waals surface area contributed by atoms with Gasteiger partial charge in [-0.1, -0.05) is 17.7 Å². The topological polar surface area (TPSA) is 46.5 Å². The van der Waals surface area contributed by atoms with Gasteiger partial charge in [0.2, 0.25) is 0 Å². The van der Waals surface area contributed by atoms with Gasteiger partial charge in [0.25, 0.3) is 0 Å². The van der Waals surface area contributed by atoms with E-state index >= 15 is 0 Å². The van der Waals surface area contributed by atoms with Crippen LogP contribution >= 0.6 is 11.6 Å². The van der Waals surface area contributed by atoms with Crippen LogP contribution in [-0.4, -0.2) is 23.2 Å². The van der Waals surface area contributed by atoms with Gasteiger partial charge in [0.15, 0.2) is 5.06 Å². The van der Waals surface area contributed by atoms with Gasteiger partial charge in [0.1, 0.15) is 0 Å². The summed E-state index contributed by atoms with van der Waals surface area (Å²) in [6, 6.07) is 0. The first-order chi connectivity index (χ1) is 5.57. The van der Waals surface area contributed by atoms with Gasteiger partial charge >= 0.3 is 5.97 Å². The summed E-state index contributed by atoms with van der Waals surface area (Å²) in [6.45, 7) is 0. The fraction of sp³-hybridized carbons (Fsp3) is 0.375. The summed E-state index contributed by atoms with van der Waals surface area (Å²) in [4.78, 5) is 10.5. The van der Waals surface area contributed by atoms with E-state index in [1.165, 1.54) is 19.3 Å². The quantitative estimate of drug-likeness (QED) is 0.669. The second-order valence-electron chi connectivity index (χ2n) is 2.49. The minimum absolute atomic E-state index is 0.253. The second kappa shape index (κ2) is 3.29. The molecular formula is C8H9ClO3. The molecule has 0 amide bonds. The van der Waals surface area contributed by atoms with Crippen LogP contribution in [0.25, 0.3) is 0 Å². The molecule has 3 nitrogen and oxygen atoms in total. The zero-order chi connectivity index (χ0) is 9.19. The maximum absolute atomic E-state index is 10.5. The normalized spacial score (nSPS) is 28.3. The van der Waals surface area contributed by atoms with Crippen molar-refractivity contribution in [1.29, 1.82) is 0 Å². The molecule has 1 N–H and O–H groups in total. The van der Waals surface area contributed by atoms with Crippen molar-refractivity contribution in [3.63, 3.8) is 0 Å². The molecular weight excluding hydrogens is 180 g/mol. The smallest absolute Gasteiger partial charge is 0.335 e. The van der Waals surface area contributed by atoms with Crippen LogP contribution in [0.4, 0.5) is 0 Å². The van der Waals surface area contributed by atoms with Crippen molar-refractivity contribution in [2.45, 2.75) is 11.5 Å². The number of hydrogen-bond donors (Lipinski definition) is 1. The third kappa shape index (κ3) is 1.87. The molecule has 0 aromatic rings. The van der Waals surface area contributed by atoms with E-state index in [4.69, 9.17) is 21.4 Å². The Labute approximate surface area is 75.3 Å². The van der Waals surface area contributed by atoms with Gasteiger partial charge in [0.05, 0.1) is 5.57 Å². The molecule has 4 heteroatoms. The maximum atomic E-state index is 10.5. The van der Waals surface area contributed by atoms with Crippen LogP contribution in [0, 0.1) is 0 Å². The Morgan fingerprint density at radius 3 is 2.83 bits per heavy atom. The van der Waals surface area contributed by atoms with Crippen LogP contribution in [0.2, 0.25) is 0 Å². The summed E-state index contributed by atoms with van der Waals surface area (Å²) in [6.07, 6.45) is 4.91. The van der Waals surface area contributed by atoms with Gasteiger partial charge in [-0.25, -0.2) is 4.79 Å². The summed E-state index contributed by atoms with van der Waals surface area (Å²) in [5.74, 6) is -0.943. The van der Waals surface area contributed by atoms with Gasteiger partial charge < -0.3 is 9.84 Å². The van der Waals surface area contributed by atoms with Crippen molar-refractivity contribution in [2.75, 3.05) is 7.11 Å². The molecule has 0 aromatic carbocycles. The zero-order valence-electron chi connectivity index (χ0n) is 6.58. The number of methoxy groups -OCH3 is 1. The number of carboxylic acids is 1. The van der Waals surface area contributed by atoms with Gasteiger partial charge in [-0.3, -0.25) is 0 Å². The standard InChI is InChI=1S/C8H9ClO3/c1-12-8(9)4-2-6(3-5-8)7(10)11/h2-4H,5H2,1H3,(H,10,11). The third-order valence-electron chi connectivity index (χ3n) is 1.70. The number of halogens is 1. The lowest BCUT2D eigenvalue weighted by Crippen LogP contribution is -2.22. The molecule has 1 aliphatic rings. The highest BCUT2D eigenvalue weighted by molar-refractivity contribution is 6.24. The minimum Gasteiger partial charge on any atom is -0.478 e. The number of carboxylic acid groups (broad SMARTS) is 1. The fourth-order valence-corrected chi connectivity index (χ4v) is 1.05. The largest absolute Gasteiger partial charge is 0.478 e. The Morgan fingerprint density at radius 1 is 1.83 bits per heavy atom. The van der Waals surface area contributed by atoms with Crippen LogP contribution in [0.1, 0.15) is 6.42 Å². The van der Waals surface area contributed by atoms with E-state index in [1.54, 1.807) is 6.08 Å². The molecule has 0 radical (unpaired) electrons. The van der Waals surface area contributed by atoms with Crippen LogP contribution in [0.15, 0.2) is 23.8 Å². The van der Waals surface area contributed by atoms with E-state index in [2.05, 4.69) is 0 Å². The fourth-order valence-electron chi connectivity index (χ4n) is 0.909. The van der Waals surface area contributed by atoms with Crippen LogP contribution in [0.5, 0.6) is 0 Å². The Balaban J connectivity index is 2.74. The lowest BCUT2D eigenvalue weighted by molar-refractivity contribution is -0.132. The molecule has 0 aromatic heterocycles. The summed E-state index contributed by atoms with van der Waals surface area (Å²) in [7, 11) is 1.48. The van der Waals surface area contributed by atoms with Gasteiger partial charge in [-0.2, -0.15) is 0 Å². The van der Waals surface area contributed by atoms with Gasteiger partial charge in [-0.15, -0.1) is 0 Å². The lowest BCUT2D eigenvalue weighted by Gasteiger charge is -2.22. The molecule has 1 unspecified atom stereocenters. The van der Waals surface area contributed by atoms with E-state index in [9.17, 15) is 4.79 Å². The number of aliphatic carboxylic acids is 1. The first-order valence-electron chi connectivity index (χ1n) is 3.44. The Morgan fingerprint density at radius 2 is 2.50 bits per heavy atom. The molecule has 0 heterocycles. The number of rotatable bonds is 2. The number of hydrogen-bond acceptors (Lipinski definition) is 2. The zero-order valence-corrected chi connectivity index (χ0v) is 7.34. The highest BCUT2D eigenvalue weighted by Crippen LogP contribution is 2.28. The van der Waals surface area contributed by atoms with Crippen molar-refractivity contribution in [3.8, 4) is 0 Å². The van der Waals surface area contributed by atoms with E-state index in [-0.39, 0.29) is 5.57 Å². The molecule has 1 atom stereocenters. The molecule has 1 aliphatic carbocycles. The lowest BCUT2D eigenvalue weighted by atomic mass is 10.0. The highest BCUT2D eigenvalue weighted by Gasteiger charge is 2.25. The number of ether oxygens (including phenoxy) is 1. The molecule has 0 aliphatic heterocycles. The van der Waals surface area contributed by atoms with E-state index < -0.39 is 11.0 Å². The van der Waals surface area contributed by atoms with Crippen molar-refractivity contribution < 1.29 is 14.6 Å². The van der Waals surface area contributed by atoms with Gasteiger partial charge in [-0.05, 0) is 12.2 Å². The van der Waals surface area contributed by atoms with Gasteiger partial charge in [0, 0.05) is 13.5 Å². The first kappa shape index (κ1) is 9.29. The maximum Gasteiger partial charge on any atom is 0.335 e. The average molecular weight is 189 g/mol. The van der Waals surface area contributed by atoms with Crippen molar-refractivity contribution in [2.24, 2.45) is 0 Å². The third-order valence-corrected chi connectivity index (χ3v) is 2.13. The number of carbonyl (C=O) groups is 1. The van der Waals surface area contributed by atoms with Crippen LogP contribution in [-0.2, 0) is 9.53 Å². The summed E-state index contributed by atoms with van der Waals surface area (Å²) in [5, 5.41) is 7.72. The Kier molecular flexibility index (Phi) is 2.55. The van der Waals surface area contributed by atoms with Crippen LogP contribution < -0.4 is 0 Å². The molecule has 1 rings (SSSR count). The molecule has 0 fully saturated rings. The monoisotopic (exact) mass is 188 g/mol. The molecule has 0 spiro atoms. The van der Waals surface area contributed by atoms with E-state index in [0.29, 0.717) is 6.42 Å². The molecule has 66 valence electrons. The summed E-state index contributed by atoms with van der Waals surface area (Å²) >= 11 is 5.88. The average Bonchev–Trinajstić information content (AvgIpc) is 2.05. The predicted octanol–water partition coefficient (Wildman–Crippen LogP) is 1.54. The SMILES string of the molecule is COC1(Cl)C=CC(C(=O)O)=CC1. The molecule has 0 saturated heterocycles. The van der Waals surface area contributed by atoms with Crippen molar-refractivity contribution in [1.82, 2.24) is 0 Å². The second-order valence-corrected chi connectivity index (χ2v) is 3.13.